The molecule has 6 heteroatoms. The van der Waals surface area contributed by atoms with Gasteiger partial charge in [-0.25, -0.2) is 4.98 Å². The minimum Gasteiger partial charge on any atom is -0.474 e. The van der Waals surface area contributed by atoms with Crippen molar-refractivity contribution in [1.82, 2.24) is 10.3 Å². The van der Waals surface area contributed by atoms with Gasteiger partial charge in [-0.1, -0.05) is 34.1 Å². The molecule has 1 saturated carbocycles. The number of hydrogen-bond acceptors (Lipinski definition) is 5. The molecule has 4 nitrogen and oxygen atoms in total. The van der Waals surface area contributed by atoms with E-state index in [1.807, 2.05) is 39.8 Å². The minimum absolute atomic E-state index is 0.225. The number of rotatable bonds is 8. The zero-order valence-electron chi connectivity index (χ0n) is 14.7. The first-order valence-electron chi connectivity index (χ1n) is 9.45. The highest BCUT2D eigenvalue weighted by molar-refractivity contribution is 8.77. The number of nitrogens with one attached hydrogen (secondary N) is 1. The predicted octanol–water partition coefficient (Wildman–Crippen LogP) is 4.60. The molecule has 1 aliphatic heterocycles. The van der Waals surface area contributed by atoms with E-state index in [1.54, 1.807) is 6.20 Å². The fraction of sp³-hybridized carbons (Fsp3) is 0.684. The van der Waals surface area contributed by atoms with Crippen molar-refractivity contribution in [2.75, 3.05) is 5.75 Å². The van der Waals surface area contributed by atoms with E-state index < -0.39 is 0 Å². The number of carbonyl (C=O) groups is 1. The van der Waals surface area contributed by atoms with Gasteiger partial charge in [0.2, 0.25) is 11.8 Å². The number of ether oxygens (including phenoxy) is 1. The Bertz CT molecular complexity index is 515. The van der Waals surface area contributed by atoms with E-state index in [2.05, 4.69) is 10.3 Å². The fourth-order valence-electron chi connectivity index (χ4n) is 3.43. The molecule has 1 amide bonds. The summed E-state index contributed by atoms with van der Waals surface area (Å²) >= 11 is 0. The average Bonchev–Trinajstić information content (AvgIpc) is 3.15. The average molecular weight is 381 g/mol. The molecule has 3 rings (SSSR count). The van der Waals surface area contributed by atoms with Gasteiger partial charge in [-0.2, -0.15) is 0 Å². The van der Waals surface area contributed by atoms with Crippen molar-refractivity contribution in [2.45, 2.75) is 75.2 Å². The lowest BCUT2D eigenvalue weighted by atomic mass is 9.93. The summed E-state index contributed by atoms with van der Waals surface area (Å²) in [5.74, 6) is 2.22. The van der Waals surface area contributed by atoms with Crippen molar-refractivity contribution >= 4 is 27.5 Å². The van der Waals surface area contributed by atoms with Crippen LogP contribution in [0.1, 0.15) is 57.8 Å². The SMILES string of the molecule is O=C(CCCCC1CCSS1)NC1CCC(Oc2ccccn2)CC1. The van der Waals surface area contributed by atoms with Crippen molar-refractivity contribution in [1.29, 1.82) is 0 Å². The van der Waals surface area contributed by atoms with Crippen LogP contribution in [0.15, 0.2) is 24.4 Å². The van der Waals surface area contributed by atoms with E-state index >= 15 is 0 Å². The molecular formula is C19H28N2O2S2. The molecule has 1 N–H and O–H groups in total. The Morgan fingerprint density at radius 1 is 1.20 bits per heavy atom. The molecule has 1 unspecified atom stereocenters. The Morgan fingerprint density at radius 3 is 2.80 bits per heavy atom. The van der Waals surface area contributed by atoms with Crippen LogP contribution in [0.4, 0.5) is 0 Å². The number of aromatic nitrogens is 1. The lowest BCUT2D eigenvalue weighted by Gasteiger charge is -2.29. The first-order valence-corrected chi connectivity index (χ1v) is 11.8. The summed E-state index contributed by atoms with van der Waals surface area (Å²) in [5, 5.41) is 4.03. The monoisotopic (exact) mass is 380 g/mol. The highest BCUT2D eigenvalue weighted by Crippen LogP contribution is 2.39. The molecule has 138 valence electrons. The van der Waals surface area contributed by atoms with Crippen molar-refractivity contribution in [3.05, 3.63) is 24.4 Å². The summed E-state index contributed by atoms with van der Waals surface area (Å²) < 4.78 is 5.91. The number of amides is 1. The van der Waals surface area contributed by atoms with E-state index in [0.717, 1.165) is 37.4 Å². The van der Waals surface area contributed by atoms with Gasteiger partial charge in [0, 0.05) is 35.7 Å². The van der Waals surface area contributed by atoms with Crippen LogP contribution in [0.25, 0.3) is 0 Å². The predicted molar refractivity (Wildman–Crippen MR) is 106 cm³/mol. The van der Waals surface area contributed by atoms with Gasteiger partial charge in [-0.3, -0.25) is 4.79 Å². The molecule has 1 saturated heterocycles. The Balaban J connectivity index is 1.26. The van der Waals surface area contributed by atoms with Crippen molar-refractivity contribution in [2.24, 2.45) is 0 Å². The molecule has 1 atom stereocenters. The second-order valence-electron chi connectivity index (χ2n) is 6.90. The van der Waals surface area contributed by atoms with E-state index in [4.69, 9.17) is 4.74 Å². The summed E-state index contributed by atoms with van der Waals surface area (Å²) in [7, 11) is 4.02. The molecule has 0 radical (unpaired) electrons. The third kappa shape index (κ3) is 6.74. The zero-order chi connectivity index (χ0) is 17.3. The smallest absolute Gasteiger partial charge is 0.220 e. The number of unbranched alkanes of at least 4 members (excludes halogenated alkanes) is 1. The standard InChI is InChI=1S/C19H28N2O2S2/c22-18(6-2-1-5-17-12-14-24-25-17)21-15-8-10-16(11-9-15)23-19-7-3-4-13-20-19/h3-4,7,13,15-17H,1-2,5-6,8-12,14H2,(H,21,22). The topological polar surface area (TPSA) is 51.2 Å². The maximum absolute atomic E-state index is 12.1. The zero-order valence-corrected chi connectivity index (χ0v) is 16.3. The summed E-state index contributed by atoms with van der Waals surface area (Å²) in [5.41, 5.74) is 0. The van der Waals surface area contributed by atoms with Gasteiger partial charge >= 0.3 is 0 Å². The number of carbonyl (C=O) groups excluding carboxylic acids is 1. The lowest BCUT2D eigenvalue weighted by Crippen LogP contribution is -2.39. The molecule has 0 bridgehead atoms. The molecule has 2 heterocycles. The first kappa shape index (κ1) is 18.9. The van der Waals surface area contributed by atoms with Crippen LogP contribution in [-0.2, 0) is 4.79 Å². The van der Waals surface area contributed by atoms with Gasteiger partial charge < -0.3 is 10.1 Å². The molecule has 0 spiro atoms. The molecule has 2 aliphatic rings. The van der Waals surface area contributed by atoms with Crippen LogP contribution in [0.2, 0.25) is 0 Å². The Labute approximate surface area is 158 Å². The van der Waals surface area contributed by atoms with Crippen LogP contribution in [0.5, 0.6) is 5.88 Å². The Hall–Kier alpha value is -0.880. The first-order chi connectivity index (χ1) is 12.3. The number of pyridine rings is 1. The van der Waals surface area contributed by atoms with E-state index in [-0.39, 0.29) is 12.0 Å². The van der Waals surface area contributed by atoms with Crippen LogP contribution < -0.4 is 10.1 Å². The Morgan fingerprint density at radius 2 is 2.08 bits per heavy atom. The highest BCUT2D eigenvalue weighted by atomic mass is 33.1. The summed E-state index contributed by atoms with van der Waals surface area (Å²) in [6, 6.07) is 6.05. The van der Waals surface area contributed by atoms with Crippen LogP contribution in [0, 0.1) is 0 Å². The van der Waals surface area contributed by atoms with Crippen LogP contribution in [0.3, 0.4) is 0 Å². The van der Waals surface area contributed by atoms with Crippen molar-refractivity contribution in [3.8, 4) is 5.88 Å². The van der Waals surface area contributed by atoms with E-state index in [9.17, 15) is 4.79 Å². The molecule has 2 fully saturated rings. The number of nitrogens with zero attached hydrogens (tertiary/aromatic N) is 1. The quantitative estimate of drug-likeness (QED) is 0.527. The van der Waals surface area contributed by atoms with Gasteiger partial charge in [0.15, 0.2) is 0 Å². The van der Waals surface area contributed by atoms with Gasteiger partial charge in [-0.15, -0.1) is 0 Å². The second-order valence-corrected chi connectivity index (χ2v) is 9.69. The lowest BCUT2D eigenvalue weighted by molar-refractivity contribution is -0.122. The maximum Gasteiger partial charge on any atom is 0.220 e. The fourth-order valence-corrected chi connectivity index (χ4v) is 6.46. The summed E-state index contributed by atoms with van der Waals surface area (Å²) in [4.78, 5) is 16.3. The van der Waals surface area contributed by atoms with Gasteiger partial charge in [0.25, 0.3) is 0 Å². The normalized spacial score (nSPS) is 26.3. The summed E-state index contributed by atoms with van der Waals surface area (Å²) in [6.45, 7) is 0. The molecular weight excluding hydrogens is 352 g/mol. The molecule has 0 aromatic carbocycles. The molecule has 1 aliphatic carbocycles. The molecule has 1 aromatic heterocycles. The third-order valence-corrected chi connectivity index (χ3v) is 7.88. The number of hydrogen-bond donors (Lipinski definition) is 1. The van der Waals surface area contributed by atoms with E-state index in [1.165, 1.54) is 25.0 Å². The van der Waals surface area contributed by atoms with Crippen molar-refractivity contribution < 1.29 is 9.53 Å². The Kier molecular flexibility index (Phi) is 7.80. The van der Waals surface area contributed by atoms with Gasteiger partial charge in [-0.05, 0) is 51.0 Å². The highest BCUT2D eigenvalue weighted by Gasteiger charge is 2.23. The van der Waals surface area contributed by atoms with Crippen LogP contribution >= 0.6 is 21.6 Å². The minimum atomic E-state index is 0.225. The van der Waals surface area contributed by atoms with Gasteiger partial charge in [0.05, 0.1) is 0 Å². The summed E-state index contributed by atoms with van der Waals surface area (Å²) in [6.07, 6.45) is 11.4. The van der Waals surface area contributed by atoms with Crippen molar-refractivity contribution in [3.63, 3.8) is 0 Å². The van der Waals surface area contributed by atoms with Crippen LogP contribution in [-0.4, -0.2) is 34.0 Å². The molecule has 1 aromatic rings. The maximum atomic E-state index is 12.1. The largest absolute Gasteiger partial charge is 0.474 e. The van der Waals surface area contributed by atoms with E-state index in [0.29, 0.717) is 18.3 Å². The second kappa shape index (κ2) is 10.3. The van der Waals surface area contributed by atoms with Gasteiger partial charge in [0.1, 0.15) is 6.10 Å². The molecule has 25 heavy (non-hydrogen) atoms. The third-order valence-electron chi connectivity index (χ3n) is 4.87.